The zero-order chi connectivity index (χ0) is 12.1. The van der Waals surface area contributed by atoms with Gasteiger partial charge in [-0.1, -0.05) is 11.6 Å². The number of amides is 1. The highest BCUT2D eigenvalue weighted by molar-refractivity contribution is 9.10. The number of aryl methyl sites for hydroxylation is 1. The molecule has 0 aliphatic rings. The maximum absolute atomic E-state index is 12.1. The zero-order valence-corrected chi connectivity index (χ0v) is 11.1. The van der Waals surface area contributed by atoms with E-state index in [0.29, 0.717) is 18.7 Å². The van der Waals surface area contributed by atoms with Crippen molar-refractivity contribution in [1.82, 2.24) is 4.90 Å². The van der Waals surface area contributed by atoms with Crippen molar-refractivity contribution in [1.29, 1.82) is 0 Å². The Morgan fingerprint density at radius 3 is 2.75 bits per heavy atom. The van der Waals surface area contributed by atoms with Crippen molar-refractivity contribution in [2.24, 2.45) is 0 Å². The summed E-state index contributed by atoms with van der Waals surface area (Å²) in [6.45, 7) is 4.81. The molecule has 0 fully saturated rings. The first kappa shape index (κ1) is 13.2. The molecule has 0 aromatic heterocycles. The number of hydrogen-bond acceptors (Lipinski definition) is 2. The molecule has 0 unspecified atom stereocenters. The van der Waals surface area contributed by atoms with E-state index in [1.54, 1.807) is 4.90 Å². The molecule has 1 rings (SSSR count). The molecule has 1 N–H and O–H groups in total. The molecule has 0 saturated carbocycles. The fourth-order valence-corrected chi connectivity index (χ4v) is 1.91. The quantitative estimate of drug-likeness (QED) is 0.922. The van der Waals surface area contributed by atoms with Gasteiger partial charge in [-0.3, -0.25) is 4.79 Å². The van der Waals surface area contributed by atoms with Crippen LogP contribution >= 0.6 is 15.9 Å². The Morgan fingerprint density at radius 1 is 1.50 bits per heavy atom. The normalized spacial score (nSPS) is 10.2. The minimum atomic E-state index is -0.0490. The number of aliphatic hydroxyl groups is 1. The highest BCUT2D eigenvalue weighted by atomic mass is 79.9. The number of aliphatic hydroxyl groups excluding tert-OH is 1. The number of hydrogen-bond donors (Lipinski definition) is 1. The number of nitrogens with zero attached hydrogens (tertiary/aromatic N) is 1. The summed E-state index contributed by atoms with van der Waals surface area (Å²) in [4.78, 5) is 13.7. The van der Waals surface area contributed by atoms with E-state index in [0.717, 1.165) is 10.0 Å². The van der Waals surface area contributed by atoms with E-state index in [9.17, 15) is 4.79 Å². The predicted molar refractivity (Wildman–Crippen MR) is 67.5 cm³/mol. The highest BCUT2D eigenvalue weighted by Gasteiger charge is 2.16. The van der Waals surface area contributed by atoms with Gasteiger partial charge in [0.15, 0.2) is 0 Å². The van der Waals surface area contributed by atoms with Crippen LogP contribution in [0.25, 0.3) is 0 Å². The molecular weight excluding hydrogens is 270 g/mol. The number of likely N-dealkylation sites (N-methyl/N-ethyl adjacent to an activating group) is 1. The number of carbonyl (C=O) groups excluding carboxylic acids is 1. The zero-order valence-electron chi connectivity index (χ0n) is 9.53. The van der Waals surface area contributed by atoms with Crippen LogP contribution in [0, 0.1) is 6.92 Å². The van der Waals surface area contributed by atoms with E-state index in [1.807, 2.05) is 32.0 Å². The molecule has 1 amide bonds. The minimum Gasteiger partial charge on any atom is -0.395 e. The van der Waals surface area contributed by atoms with Gasteiger partial charge in [-0.05, 0) is 41.9 Å². The fourth-order valence-electron chi connectivity index (χ4n) is 1.50. The summed E-state index contributed by atoms with van der Waals surface area (Å²) in [6, 6.07) is 5.67. The topological polar surface area (TPSA) is 40.5 Å². The van der Waals surface area contributed by atoms with Crippen molar-refractivity contribution in [2.75, 3.05) is 19.7 Å². The van der Waals surface area contributed by atoms with E-state index in [4.69, 9.17) is 5.11 Å². The van der Waals surface area contributed by atoms with Gasteiger partial charge in [0.05, 0.1) is 12.2 Å². The Labute approximate surface area is 104 Å². The SMILES string of the molecule is CCN(CCO)C(=O)c1cc(C)ccc1Br. The van der Waals surface area contributed by atoms with Gasteiger partial charge in [0.2, 0.25) is 0 Å². The van der Waals surface area contributed by atoms with Crippen molar-refractivity contribution < 1.29 is 9.90 Å². The predicted octanol–water partition coefficient (Wildman–Crippen LogP) is 2.21. The molecule has 88 valence electrons. The molecule has 3 nitrogen and oxygen atoms in total. The second-order valence-corrected chi connectivity index (χ2v) is 4.45. The van der Waals surface area contributed by atoms with E-state index >= 15 is 0 Å². The third-order valence-corrected chi connectivity index (χ3v) is 3.08. The summed E-state index contributed by atoms with van der Waals surface area (Å²) in [5.41, 5.74) is 1.70. The number of rotatable bonds is 4. The van der Waals surface area contributed by atoms with Gasteiger partial charge in [-0.25, -0.2) is 0 Å². The van der Waals surface area contributed by atoms with Crippen LogP contribution in [0.4, 0.5) is 0 Å². The van der Waals surface area contributed by atoms with Gasteiger partial charge < -0.3 is 10.0 Å². The first-order chi connectivity index (χ1) is 7.60. The minimum absolute atomic E-state index is 0.0109. The summed E-state index contributed by atoms with van der Waals surface area (Å²) < 4.78 is 0.791. The van der Waals surface area contributed by atoms with Crippen molar-refractivity contribution in [2.45, 2.75) is 13.8 Å². The molecule has 0 saturated heterocycles. The Bertz CT molecular complexity index is 379. The Hall–Kier alpha value is -0.870. The van der Waals surface area contributed by atoms with Gasteiger partial charge in [-0.15, -0.1) is 0 Å². The molecule has 0 heterocycles. The molecule has 0 bridgehead atoms. The van der Waals surface area contributed by atoms with Crippen LogP contribution in [0.2, 0.25) is 0 Å². The first-order valence-electron chi connectivity index (χ1n) is 5.26. The Balaban J connectivity index is 2.98. The average Bonchev–Trinajstić information content (AvgIpc) is 2.28. The second kappa shape index (κ2) is 6.01. The van der Waals surface area contributed by atoms with Crippen LogP contribution in [-0.2, 0) is 0 Å². The van der Waals surface area contributed by atoms with Crippen molar-refractivity contribution in [3.05, 3.63) is 33.8 Å². The maximum atomic E-state index is 12.1. The van der Waals surface area contributed by atoms with Gasteiger partial charge in [-0.2, -0.15) is 0 Å². The molecule has 0 spiro atoms. The lowest BCUT2D eigenvalue weighted by molar-refractivity contribution is 0.0731. The lowest BCUT2D eigenvalue weighted by Gasteiger charge is -2.20. The fraction of sp³-hybridized carbons (Fsp3) is 0.417. The molecule has 4 heteroatoms. The van der Waals surface area contributed by atoms with Gasteiger partial charge >= 0.3 is 0 Å². The van der Waals surface area contributed by atoms with Gasteiger partial charge in [0.25, 0.3) is 5.91 Å². The molecule has 0 aliphatic carbocycles. The highest BCUT2D eigenvalue weighted by Crippen LogP contribution is 2.19. The van der Waals surface area contributed by atoms with Gasteiger partial charge in [0, 0.05) is 17.6 Å². The second-order valence-electron chi connectivity index (χ2n) is 3.59. The number of halogens is 1. The van der Waals surface area contributed by atoms with E-state index < -0.39 is 0 Å². The summed E-state index contributed by atoms with van der Waals surface area (Å²) >= 11 is 3.37. The third-order valence-electron chi connectivity index (χ3n) is 2.39. The van der Waals surface area contributed by atoms with Crippen LogP contribution in [0.3, 0.4) is 0 Å². The molecule has 0 atom stereocenters. The summed E-state index contributed by atoms with van der Waals surface area (Å²) in [5, 5.41) is 8.88. The van der Waals surface area contributed by atoms with Crippen molar-refractivity contribution in [3.8, 4) is 0 Å². The van der Waals surface area contributed by atoms with Crippen LogP contribution < -0.4 is 0 Å². The van der Waals surface area contributed by atoms with Crippen LogP contribution in [-0.4, -0.2) is 35.6 Å². The molecular formula is C12H16BrNO2. The van der Waals surface area contributed by atoms with Crippen molar-refractivity contribution in [3.63, 3.8) is 0 Å². The smallest absolute Gasteiger partial charge is 0.255 e. The van der Waals surface area contributed by atoms with Crippen LogP contribution in [0.5, 0.6) is 0 Å². The maximum Gasteiger partial charge on any atom is 0.255 e. The van der Waals surface area contributed by atoms with Crippen LogP contribution in [0.1, 0.15) is 22.8 Å². The monoisotopic (exact) mass is 285 g/mol. The molecule has 16 heavy (non-hydrogen) atoms. The molecule has 0 aliphatic heterocycles. The van der Waals surface area contributed by atoms with Crippen LogP contribution in [0.15, 0.2) is 22.7 Å². The summed E-state index contributed by atoms with van der Waals surface area (Å²) in [5.74, 6) is -0.0490. The third kappa shape index (κ3) is 3.06. The first-order valence-corrected chi connectivity index (χ1v) is 6.05. The van der Waals surface area contributed by atoms with E-state index in [1.165, 1.54) is 0 Å². The van der Waals surface area contributed by atoms with E-state index in [2.05, 4.69) is 15.9 Å². The largest absolute Gasteiger partial charge is 0.395 e. The standard InChI is InChI=1S/C12H16BrNO2/c1-3-14(6-7-15)12(16)10-8-9(2)4-5-11(10)13/h4-5,8,15H,3,6-7H2,1-2H3. The lowest BCUT2D eigenvalue weighted by Crippen LogP contribution is -2.33. The number of benzene rings is 1. The Kier molecular flexibility index (Phi) is 4.96. The van der Waals surface area contributed by atoms with Gasteiger partial charge in [0.1, 0.15) is 0 Å². The molecule has 0 radical (unpaired) electrons. The Morgan fingerprint density at radius 2 is 2.19 bits per heavy atom. The number of carbonyl (C=O) groups is 1. The molecule has 1 aromatic rings. The van der Waals surface area contributed by atoms with E-state index in [-0.39, 0.29) is 12.5 Å². The average molecular weight is 286 g/mol. The molecule has 1 aromatic carbocycles. The lowest BCUT2D eigenvalue weighted by atomic mass is 10.1. The van der Waals surface area contributed by atoms with Crippen molar-refractivity contribution >= 4 is 21.8 Å². The summed E-state index contributed by atoms with van der Waals surface area (Å²) in [7, 11) is 0. The summed E-state index contributed by atoms with van der Waals surface area (Å²) in [6.07, 6.45) is 0.